The second kappa shape index (κ2) is 8.76. The third-order valence-electron chi connectivity index (χ3n) is 5.63. The van der Waals surface area contributed by atoms with E-state index in [1.54, 1.807) is 0 Å². The summed E-state index contributed by atoms with van der Waals surface area (Å²) in [5, 5.41) is 2.90. The van der Waals surface area contributed by atoms with Crippen molar-refractivity contribution in [3.63, 3.8) is 0 Å². The van der Waals surface area contributed by atoms with Crippen LogP contribution in [-0.4, -0.2) is 31.7 Å². The van der Waals surface area contributed by atoms with Gasteiger partial charge in [0.05, 0.1) is 19.2 Å². The molecule has 1 aliphatic carbocycles. The van der Waals surface area contributed by atoms with Crippen LogP contribution < -0.4 is 19.7 Å². The standard InChI is InChI=1S/C24H30N2O3/c1-17(25-18(2)27)20-5-9-23(10-6-20)29-24-13-14-26(15-24)21-7-11-22(12-8-21)28-16-19-3-4-19/h5-12,17,19,24H,3-4,13-16H2,1-2H3,(H,25,27). The van der Waals surface area contributed by atoms with Crippen LogP contribution in [-0.2, 0) is 4.79 Å². The van der Waals surface area contributed by atoms with E-state index in [0.29, 0.717) is 0 Å². The molecule has 5 heteroatoms. The minimum absolute atomic E-state index is 0.000233. The number of hydrogen-bond acceptors (Lipinski definition) is 4. The fourth-order valence-electron chi connectivity index (χ4n) is 3.73. The van der Waals surface area contributed by atoms with Gasteiger partial charge >= 0.3 is 0 Å². The van der Waals surface area contributed by atoms with Crippen LogP contribution in [0, 0.1) is 5.92 Å². The number of amides is 1. The van der Waals surface area contributed by atoms with Crippen molar-refractivity contribution >= 4 is 11.6 Å². The molecule has 0 radical (unpaired) electrons. The van der Waals surface area contributed by atoms with E-state index in [0.717, 1.165) is 49.1 Å². The SMILES string of the molecule is CC(=O)NC(C)c1ccc(OC2CCN(c3ccc(OCC4CC4)cc3)C2)cc1. The zero-order valence-corrected chi connectivity index (χ0v) is 17.3. The molecule has 1 saturated carbocycles. The second-order valence-electron chi connectivity index (χ2n) is 8.21. The molecule has 2 atom stereocenters. The highest BCUT2D eigenvalue weighted by Crippen LogP contribution is 2.30. The van der Waals surface area contributed by atoms with Crippen molar-refractivity contribution in [2.24, 2.45) is 5.92 Å². The first-order valence-electron chi connectivity index (χ1n) is 10.6. The third kappa shape index (κ3) is 5.43. The highest BCUT2D eigenvalue weighted by Gasteiger charge is 2.25. The zero-order chi connectivity index (χ0) is 20.2. The number of hydrogen-bond donors (Lipinski definition) is 1. The Morgan fingerprint density at radius 1 is 1.07 bits per heavy atom. The Bertz CT molecular complexity index is 815. The minimum atomic E-state index is -0.0219. The van der Waals surface area contributed by atoms with Crippen LogP contribution in [0.2, 0.25) is 0 Å². The van der Waals surface area contributed by atoms with Crippen LogP contribution in [0.25, 0.3) is 0 Å². The van der Waals surface area contributed by atoms with Crippen LogP contribution in [0.5, 0.6) is 11.5 Å². The van der Waals surface area contributed by atoms with Crippen LogP contribution in [0.4, 0.5) is 5.69 Å². The Balaban J connectivity index is 1.27. The molecule has 1 amide bonds. The lowest BCUT2D eigenvalue weighted by Gasteiger charge is -2.20. The van der Waals surface area contributed by atoms with E-state index in [1.165, 1.54) is 25.5 Å². The van der Waals surface area contributed by atoms with E-state index in [4.69, 9.17) is 9.47 Å². The summed E-state index contributed by atoms with van der Waals surface area (Å²) in [5.74, 6) is 2.58. The molecule has 1 heterocycles. The Morgan fingerprint density at radius 3 is 2.41 bits per heavy atom. The van der Waals surface area contributed by atoms with Crippen molar-refractivity contribution in [1.82, 2.24) is 5.32 Å². The monoisotopic (exact) mass is 394 g/mol. The first kappa shape index (κ1) is 19.6. The molecule has 1 saturated heterocycles. The predicted octanol–water partition coefficient (Wildman–Crippen LogP) is 4.33. The van der Waals surface area contributed by atoms with Crippen LogP contribution in [0.1, 0.15) is 44.7 Å². The smallest absolute Gasteiger partial charge is 0.217 e. The molecule has 1 N–H and O–H groups in total. The summed E-state index contributed by atoms with van der Waals surface area (Å²) in [6.45, 7) is 6.24. The first-order chi connectivity index (χ1) is 14.1. The molecule has 2 unspecified atom stereocenters. The van der Waals surface area contributed by atoms with Crippen LogP contribution in [0.3, 0.4) is 0 Å². The maximum Gasteiger partial charge on any atom is 0.217 e. The van der Waals surface area contributed by atoms with Gasteiger partial charge in [0.15, 0.2) is 0 Å². The highest BCUT2D eigenvalue weighted by molar-refractivity contribution is 5.73. The number of carbonyl (C=O) groups excluding carboxylic acids is 1. The zero-order valence-electron chi connectivity index (χ0n) is 17.3. The number of rotatable bonds is 8. The summed E-state index contributed by atoms with van der Waals surface area (Å²) < 4.78 is 12.0. The molecule has 2 aliphatic rings. The largest absolute Gasteiger partial charge is 0.493 e. The summed E-state index contributed by atoms with van der Waals surface area (Å²) in [4.78, 5) is 13.6. The molecule has 2 aromatic carbocycles. The minimum Gasteiger partial charge on any atom is -0.493 e. The molecular weight excluding hydrogens is 364 g/mol. The Morgan fingerprint density at radius 2 is 1.76 bits per heavy atom. The lowest BCUT2D eigenvalue weighted by molar-refractivity contribution is -0.119. The fourth-order valence-corrected chi connectivity index (χ4v) is 3.73. The topological polar surface area (TPSA) is 50.8 Å². The van der Waals surface area contributed by atoms with E-state index in [1.807, 2.05) is 31.2 Å². The van der Waals surface area contributed by atoms with Crippen molar-refractivity contribution in [1.29, 1.82) is 0 Å². The van der Waals surface area contributed by atoms with Gasteiger partial charge in [-0.3, -0.25) is 4.79 Å². The van der Waals surface area contributed by atoms with Crippen LogP contribution >= 0.6 is 0 Å². The van der Waals surface area contributed by atoms with E-state index >= 15 is 0 Å². The van der Waals surface area contributed by atoms with Gasteiger partial charge in [-0.2, -0.15) is 0 Å². The van der Waals surface area contributed by atoms with Crippen molar-refractivity contribution in [2.45, 2.75) is 45.3 Å². The molecular formula is C24H30N2O3. The van der Waals surface area contributed by atoms with E-state index < -0.39 is 0 Å². The lowest BCUT2D eigenvalue weighted by atomic mass is 10.1. The van der Waals surface area contributed by atoms with Crippen molar-refractivity contribution in [2.75, 3.05) is 24.6 Å². The first-order valence-corrected chi connectivity index (χ1v) is 10.6. The Kier molecular flexibility index (Phi) is 5.93. The van der Waals surface area contributed by atoms with Gasteiger partial charge in [0.2, 0.25) is 5.91 Å². The van der Waals surface area contributed by atoms with Gasteiger partial charge in [0, 0.05) is 25.6 Å². The number of nitrogens with one attached hydrogen (secondary N) is 1. The fraction of sp³-hybridized carbons (Fsp3) is 0.458. The lowest BCUT2D eigenvalue weighted by Crippen LogP contribution is -2.24. The van der Waals surface area contributed by atoms with Gasteiger partial charge in [-0.05, 0) is 67.6 Å². The molecule has 0 bridgehead atoms. The maximum absolute atomic E-state index is 11.2. The average molecular weight is 395 g/mol. The molecule has 4 rings (SSSR count). The molecule has 2 aromatic rings. The van der Waals surface area contributed by atoms with Gasteiger partial charge in [-0.1, -0.05) is 12.1 Å². The van der Waals surface area contributed by atoms with Gasteiger partial charge in [-0.25, -0.2) is 0 Å². The summed E-state index contributed by atoms with van der Waals surface area (Å²) in [5.41, 5.74) is 2.29. The number of benzene rings is 2. The summed E-state index contributed by atoms with van der Waals surface area (Å²) in [6, 6.07) is 16.4. The van der Waals surface area contributed by atoms with Crippen LogP contribution in [0.15, 0.2) is 48.5 Å². The maximum atomic E-state index is 11.2. The highest BCUT2D eigenvalue weighted by atomic mass is 16.5. The number of nitrogens with zero attached hydrogens (tertiary/aromatic N) is 1. The third-order valence-corrected chi connectivity index (χ3v) is 5.63. The van der Waals surface area contributed by atoms with E-state index in [9.17, 15) is 4.79 Å². The second-order valence-corrected chi connectivity index (χ2v) is 8.21. The molecule has 0 spiro atoms. The summed E-state index contributed by atoms with van der Waals surface area (Å²) in [6.07, 6.45) is 3.80. The quantitative estimate of drug-likeness (QED) is 0.724. The summed E-state index contributed by atoms with van der Waals surface area (Å²) >= 11 is 0. The normalized spacial score (nSPS) is 19.7. The Hall–Kier alpha value is -2.69. The average Bonchev–Trinajstić information content (AvgIpc) is 3.44. The molecule has 5 nitrogen and oxygen atoms in total. The van der Waals surface area contributed by atoms with Crippen molar-refractivity contribution in [3.05, 3.63) is 54.1 Å². The number of carbonyl (C=O) groups is 1. The van der Waals surface area contributed by atoms with Crippen molar-refractivity contribution in [3.8, 4) is 11.5 Å². The van der Waals surface area contributed by atoms with E-state index in [2.05, 4.69) is 34.5 Å². The molecule has 154 valence electrons. The molecule has 1 aliphatic heterocycles. The molecule has 2 fully saturated rings. The van der Waals surface area contributed by atoms with Gasteiger partial charge in [-0.15, -0.1) is 0 Å². The number of ether oxygens (including phenoxy) is 2. The Labute approximate surface area is 173 Å². The predicted molar refractivity (Wildman–Crippen MR) is 115 cm³/mol. The molecule has 29 heavy (non-hydrogen) atoms. The van der Waals surface area contributed by atoms with E-state index in [-0.39, 0.29) is 18.1 Å². The van der Waals surface area contributed by atoms with Crippen molar-refractivity contribution < 1.29 is 14.3 Å². The summed E-state index contributed by atoms with van der Waals surface area (Å²) in [7, 11) is 0. The molecule has 0 aromatic heterocycles. The van der Waals surface area contributed by atoms with Gasteiger partial charge < -0.3 is 19.7 Å². The van der Waals surface area contributed by atoms with Gasteiger partial charge in [0.1, 0.15) is 17.6 Å². The van der Waals surface area contributed by atoms with Gasteiger partial charge in [0.25, 0.3) is 0 Å². The number of anilines is 1.